The van der Waals surface area contributed by atoms with Gasteiger partial charge in [0.2, 0.25) is 0 Å². The Morgan fingerprint density at radius 1 is 1.33 bits per heavy atom. The van der Waals surface area contributed by atoms with Gasteiger partial charge in [-0.05, 0) is 31.0 Å². The van der Waals surface area contributed by atoms with Crippen LogP contribution in [-0.2, 0) is 10.9 Å². The Bertz CT molecular complexity index is 507. The molecule has 1 N–H and O–H groups in total. The maximum Gasteiger partial charge on any atom is 0.416 e. The van der Waals surface area contributed by atoms with Crippen molar-refractivity contribution in [2.24, 2.45) is 5.92 Å². The molecule has 116 valence electrons. The van der Waals surface area contributed by atoms with E-state index in [0.29, 0.717) is 18.9 Å². The third-order valence-electron chi connectivity index (χ3n) is 3.11. The van der Waals surface area contributed by atoms with Crippen LogP contribution in [-0.4, -0.2) is 19.3 Å². The monoisotopic (exact) mass is 300 g/mol. The average Bonchev–Trinajstić information content (AvgIpc) is 2.41. The van der Waals surface area contributed by atoms with E-state index in [1.54, 1.807) is 6.07 Å². The topological polar surface area (TPSA) is 45.0 Å². The molecule has 0 aromatic heterocycles. The maximum atomic E-state index is 12.6. The highest BCUT2D eigenvalue weighted by atomic mass is 19.4. The number of anilines is 1. The number of hydrogen-bond acceptors (Lipinski definition) is 3. The maximum absolute atomic E-state index is 12.6. The van der Waals surface area contributed by atoms with Gasteiger partial charge in [0.05, 0.1) is 29.5 Å². The molecule has 1 unspecified atom stereocenters. The highest BCUT2D eigenvalue weighted by Gasteiger charge is 2.31. The highest BCUT2D eigenvalue weighted by Crippen LogP contribution is 2.32. The molecule has 0 aliphatic carbocycles. The summed E-state index contributed by atoms with van der Waals surface area (Å²) < 4.78 is 43.3. The number of ether oxygens (including phenoxy) is 1. The number of halogens is 3. The first kappa shape index (κ1) is 17.3. The summed E-state index contributed by atoms with van der Waals surface area (Å²) >= 11 is 0. The van der Waals surface area contributed by atoms with Gasteiger partial charge in [-0.25, -0.2) is 0 Å². The van der Waals surface area contributed by atoms with E-state index in [1.165, 1.54) is 6.07 Å². The van der Waals surface area contributed by atoms with Gasteiger partial charge in [0.25, 0.3) is 0 Å². The molecule has 6 heteroatoms. The summed E-state index contributed by atoms with van der Waals surface area (Å²) in [5, 5.41) is 12.1. The number of nitrogens with zero attached hydrogens (tertiary/aromatic N) is 1. The number of benzene rings is 1. The minimum Gasteiger partial charge on any atom is -0.380 e. The van der Waals surface area contributed by atoms with E-state index in [4.69, 9.17) is 10.00 Å². The molecule has 0 heterocycles. The van der Waals surface area contributed by atoms with Crippen LogP contribution in [0.3, 0.4) is 0 Å². The molecule has 1 rings (SSSR count). The van der Waals surface area contributed by atoms with Crippen LogP contribution in [0.2, 0.25) is 0 Å². The molecule has 0 aliphatic rings. The van der Waals surface area contributed by atoms with Gasteiger partial charge in [-0.15, -0.1) is 0 Å². The van der Waals surface area contributed by atoms with Crippen molar-refractivity contribution >= 4 is 5.69 Å². The van der Waals surface area contributed by atoms with Crippen molar-refractivity contribution in [3.63, 3.8) is 0 Å². The van der Waals surface area contributed by atoms with E-state index in [2.05, 4.69) is 5.32 Å². The lowest BCUT2D eigenvalue weighted by Crippen LogP contribution is -2.31. The van der Waals surface area contributed by atoms with Crippen molar-refractivity contribution in [1.82, 2.24) is 0 Å². The molecule has 1 atom stereocenters. The number of nitriles is 1. The number of hydrogen-bond donors (Lipinski definition) is 1. The number of nitrogens with one attached hydrogen (secondary N) is 1. The summed E-state index contributed by atoms with van der Waals surface area (Å²) in [5.74, 6) is 0.213. The van der Waals surface area contributed by atoms with Crippen LogP contribution in [0.4, 0.5) is 18.9 Å². The van der Waals surface area contributed by atoms with Crippen molar-refractivity contribution in [3.8, 4) is 6.07 Å². The van der Waals surface area contributed by atoms with Crippen molar-refractivity contribution in [3.05, 3.63) is 29.3 Å². The second-order valence-corrected chi connectivity index (χ2v) is 5.02. The fraction of sp³-hybridized carbons (Fsp3) is 0.533. The lowest BCUT2D eigenvalue weighted by molar-refractivity contribution is -0.137. The fourth-order valence-corrected chi connectivity index (χ4v) is 1.78. The Balaban J connectivity index is 2.99. The van der Waals surface area contributed by atoms with Gasteiger partial charge in [0.1, 0.15) is 6.07 Å². The van der Waals surface area contributed by atoms with Crippen molar-refractivity contribution in [2.75, 3.05) is 18.5 Å². The summed E-state index contributed by atoms with van der Waals surface area (Å²) in [6.07, 6.45) is -4.45. The van der Waals surface area contributed by atoms with Gasteiger partial charge >= 0.3 is 6.18 Å². The van der Waals surface area contributed by atoms with Crippen LogP contribution in [0, 0.1) is 17.2 Å². The third kappa shape index (κ3) is 4.94. The Morgan fingerprint density at radius 3 is 2.48 bits per heavy atom. The molecule has 1 aromatic carbocycles. The van der Waals surface area contributed by atoms with E-state index < -0.39 is 11.7 Å². The van der Waals surface area contributed by atoms with Crippen molar-refractivity contribution in [1.29, 1.82) is 5.26 Å². The SMILES string of the molecule is CCOCC(Nc1ccc(C(F)(F)F)cc1C#N)C(C)C. The van der Waals surface area contributed by atoms with Crippen LogP contribution in [0.5, 0.6) is 0 Å². The Hall–Kier alpha value is -1.74. The normalized spacial score (nSPS) is 13.0. The number of rotatable bonds is 6. The zero-order valence-corrected chi connectivity index (χ0v) is 12.3. The summed E-state index contributed by atoms with van der Waals surface area (Å²) in [6.45, 7) is 6.82. The van der Waals surface area contributed by atoms with E-state index >= 15 is 0 Å². The molecule has 0 amide bonds. The van der Waals surface area contributed by atoms with E-state index in [-0.39, 0.29) is 17.5 Å². The van der Waals surface area contributed by atoms with Crippen LogP contribution in [0.25, 0.3) is 0 Å². The molecule has 0 radical (unpaired) electrons. The first-order valence-corrected chi connectivity index (χ1v) is 6.75. The first-order chi connectivity index (χ1) is 9.79. The lowest BCUT2D eigenvalue weighted by atomic mass is 10.0. The third-order valence-corrected chi connectivity index (χ3v) is 3.11. The van der Waals surface area contributed by atoms with Gasteiger partial charge in [0.15, 0.2) is 0 Å². The van der Waals surface area contributed by atoms with Gasteiger partial charge in [-0.3, -0.25) is 0 Å². The van der Waals surface area contributed by atoms with E-state index in [9.17, 15) is 13.2 Å². The zero-order valence-electron chi connectivity index (χ0n) is 12.3. The van der Waals surface area contributed by atoms with Crippen molar-refractivity contribution < 1.29 is 17.9 Å². The van der Waals surface area contributed by atoms with Crippen LogP contribution in [0.1, 0.15) is 31.9 Å². The Labute approximate surface area is 122 Å². The minimum atomic E-state index is -4.45. The van der Waals surface area contributed by atoms with Crippen LogP contribution < -0.4 is 5.32 Å². The molecule has 1 aromatic rings. The van der Waals surface area contributed by atoms with E-state index in [1.807, 2.05) is 20.8 Å². The molecule has 0 fully saturated rings. The van der Waals surface area contributed by atoms with Gasteiger partial charge in [0, 0.05) is 6.61 Å². The second-order valence-electron chi connectivity index (χ2n) is 5.02. The summed E-state index contributed by atoms with van der Waals surface area (Å²) in [7, 11) is 0. The van der Waals surface area contributed by atoms with Crippen molar-refractivity contribution in [2.45, 2.75) is 33.0 Å². The first-order valence-electron chi connectivity index (χ1n) is 6.75. The van der Waals surface area contributed by atoms with Crippen LogP contribution >= 0.6 is 0 Å². The average molecular weight is 300 g/mol. The summed E-state index contributed by atoms with van der Waals surface area (Å²) in [5.41, 5.74) is -0.452. The van der Waals surface area contributed by atoms with Gasteiger partial charge < -0.3 is 10.1 Å². The molecule has 21 heavy (non-hydrogen) atoms. The summed E-state index contributed by atoms with van der Waals surface area (Å²) in [4.78, 5) is 0. The molecule has 0 aliphatic heterocycles. The quantitative estimate of drug-likeness (QED) is 0.862. The number of alkyl halides is 3. The summed E-state index contributed by atoms with van der Waals surface area (Å²) in [6, 6.07) is 4.86. The zero-order chi connectivity index (χ0) is 16.0. The predicted octanol–water partition coefficient (Wildman–Crippen LogP) is 4.05. The highest BCUT2D eigenvalue weighted by molar-refractivity contribution is 5.59. The lowest BCUT2D eigenvalue weighted by Gasteiger charge is -2.24. The molecule has 0 spiro atoms. The van der Waals surface area contributed by atoms with E-state index in [0.717, 1.165) is 12.1 Å². The Morgan fingerprint density at radius 2 is 2.00 bits per heavy atom. The largest absolute Gasteiger partial charge is 0.416 e. The fourth-order valence-electron chi connectivity index (χ4n) is 1.78. The molecule has 0 saturated heterocycles. The Kier molecular flexibility index (Phi) is 6.03. The van der Waals surface area contributed by atoms with Gasteiger partial charge in [-0.1, -0.05) is 13.8 Å². The minimum absolute atomic E-state index is 0.0213. The second kappa shape index (κ2) is 7.32. The van der Waals surface area contributed by atoms with Gasteiger partial charge in [-0.2, -0.15) is 18.4 Å². The standard InChI is InChI=1S/C15H19F3N2O/c1-4-21-9-14(10(2)3)20-13-6-5-12(15(16,17)18)7-11(13)8-19/h5-7,10,14,20H,4,9H2,1-3H3. The molecular weight excluding hydrogens is 281 g/mol. The smallest absolute Gasteiger partial charge is 0.380 e. The predicted molar refractivity (Wildman–Crippen MR) is 74.9 cm³/mol. The molecule has 3 nitrogen and oxygen atoms in total. The molecule has 0 saturated carbocycles. The molecule has 0 bridgehead atoms. The molecular formula is C15H19F3N2O. The van der Waals surface area contributed by atoms with Crippen LogP contribution in [0.15, 0.2) is 18.2 Å².